The van der Waals surface area contributed by atoms with Crippen molar-refractivity contribution in [3.63, 3.8) is 0 Å². The fourth-order valence-electron chi connectivity index (χ4n) is 3.67. The first-order valence-corrected chi connectivity index (χ1v) is 14.7. The highest BCUT2D eigenvalue weighted by molar-refractivity contribution is 8.00. The second-order valence-corrected chi connectivity index (χ2v) is 12.7. The number of rotatable bonds is 7. The highest BCUT2D eigenvalue weighted by Gasteiger charge is 2.46. The van der Waals surface area contributed by atoms with E-state index in [9.17, 15) is 40.6 Å². The van der Waals surface area contributed by atoms with Gasteiger partial charge in [-0.15, -0.1) is 11.8 Å². The number of ether oxygens (including phenoxy) is 1. The van der Waals surface area contributed by atoms with E-state index in [-0.39, 0.29) is 36.9 Å². The van der Waals surface area contributed by atoms with Crippen LogP contribution in [-0.4, -0.2) is 59.3 Å². The Bertz CT molecular complexity index is 1170. The summed E-state index contributed by atoms with van der Waals surface area (Å²) in [4.78, 5) is 14.6. The summed E-state index contributed by atoms with van der Waals surface area (Å²) in [5, 5.41) is 16.1. The van der Waals surface area contributed by atoms with Crippen LogP contribution < -0.4 is 9.64 Å². The number of carboxylic acids is 1. The number of aliphatic hydroxyl groups excluding tert-OH is 1. The number of carboxylic acid groups (broad SMARTS) is 1. The Labute approximate surface area is 248 Å². The summed E-state index contributed by atoms with van der Waals surface area (Å²) in [6.45, 7) is 4.35. The van der Waals surface area contributed by atoms with Crippen molar-refractivity contribution in [3.05, 3.63) is 42.2 Å². The Morgan fingerprint density at radius 1 is 1.14 bits per heavy atom. The Morgan fingerprint density at radius 2 is 1.71 bits per heavy atom. The maximum absolute atomic E-state index is 14.6. The van der Waals surface area contributed by atoms with Crippen molar-refractivity contribution in [2.24, 2.45) is 5.41 Å². The summed E-state index contributed by atoms with van der Waals surface area (Å²) >= 11 is 2.28. The minimum Gasteiger partial charge on any atom is -0.491 e. The van der Waals surface area contributed by atoms with Crippen LogP contribution in [0, 0.1) is 11.2 Å². The van der Waals surface area contributed by atoms with E-state index in [0.29, 0.717) is 33.5 Å². The molecule has 1 fully saturated rings. The maximum atomic E-state index is 14.6. The van der Waals surface area contributed by atoms with E-state index >= 15 is 0 Å². The molecule has 0 saturated heterocycles. The molecule has 1 aliphatic heterocycles. The number of aliphatic carboxylic acids is 1. The number of thioether (sulfide) groups is 2. The number of anilines is 2. The minimum absolute atomic E-state index is 0.138. The van der Waals surface area contributed by atoms with Gasteiger partial charge < -0.3 is 19.8 Å². The van der Waals surface area contributed by atoms with Gasteiger partial charge in [-0.1, -0.05) is 18.7 Å². The molecule has 0 spiro atoms. The SMILES string of the molecule is CC(C)(COc1cc2c(cc1SC1CC(F)(F)C1)N(c1ccc(F)cc1)CC[C@@H](F)S2)C(=O)O.CCC(F)(F)F.CO. The lowest BCUT2D eigenvalue weighted by Crippen LogP contribution is -2.37. The zero-order valence-electron chi connectivity index (χ0n) is 23.5. The second-order valence-electron chi connectivity index (χ2n) is 10.2. The van der Waals surface area contributed by atoms with E-state index in [1.807, 2.05) is 4.90 Å². The highest BCUT2D eigenvalue weighted by Crippen LogP contribution is 2.52. The van der Waals surface area contributed by atoms with Gasteiger partial charge in [-0.05, 0) is 50.2 Å². The smallest absolute Gasteiger partial charge is 0.388 e. The number of halogens is 7. The van der Waals surface area contributed by atoms with Gasteiger partial charge in [0.15, 0.2) is 5.50 Å². The van der Waals surface area contributed by atoms with E-state index in [0.717, 1.165) is 25.8 Å². The van der Waals surface area contributed by atoms with Crippen LogP contribution in [0.1, 0.15) is 46.5 Å². The molecule has 42 heavy (non-hydrogen) atoms. The van der Waals surface area contributed by atoms with E-state index in [4.69, 9.17) is 9.84 Å². The van der Waals surface area contributed by atoms with Crippen LogP contribution in [-0.2, 0) is 4.79 Å². The molecule has 5 nitrogen and oxygen atoms in total. The van der Waals surface area contributed by atoms with E-state index in [2.05, 4.69) is 0 Å². The number of carbonyl (C=O) groups is 1. The Morgan fingerprint density at radius 3 is 2.21 bits per heavy atom. The number of fused-ring (bicyclic) bond motifs is 1. The molecule has 1 aliphatic carbocycles. The van der Waals surface area contributed by atoms with Crippen molar-refractivity contribution in [2.75, 3.05) is 25.2 Å². The van der Waals surface area contributed by atoms with Gasteiger partial charge in [0.2, 0.25) is 5.92 Å². The van der Waals surface area contributed by atoms with Crippen LogP contribution in [0.4, 0.5) is 42.1 Å². The number of hydrogen-bond donors (Lipinski definition) is 2. The lowest BCUT2D eigenvalue weighted by atomic mass is 9.94. The standard InChI is InChI=1S/C24H25F4NO3S2.C3H5F3.CH4O/c1-23(2,22(30)31)13-32-18-10-19-17(9-20(18)33-16-11-24(27,28)12-16)29(8-7-21(26)34-19)15-5-3-14(25)4-6-15;1-2-3(4,5)6;1-2/h3-6,9-10,16,21H,7-8,11-13H2,1-2H3,(H,30,31);2H2,1H3;2H,1H3/t21-;;/m0../s1. The van der Waals surface area contributed by atoms with Gasteiger partial charge in [0.05, 0.1) is 16.0 Å². The summed E-state index contributed by atoms with van der Waals surface area (Å²) in [5.74, 6) is -3.76. The quantitative estimate of drug-likeness (QED) is 0.292. The average molecular weight is 646 g/mol. The van der Waals surface area contributed by atoms with Crippen LogP contribution in [0.5, 0.6) is 5.75 Å². The number of alkyl halides is 6. The van der Waals surface area contributed by atoms with Crippen molar-refractivity contribution in [1.82, 2.24) is 0 Å². The maximum Gasteiger partial charge on any atom is 0.388 e. The Balaban J connectivity index is 0.000000686. The zero-order chi connectivity index (χ0) is 31.9. The Hall–Kier alpha value is -2.32. The van der Waals surface area contributed by atoms with E-state index < -0.39 is 35.4 Å². The zero-order valence-corrected chi connectivity index (χ0v) is 25.1. The minimum atomic E-state index is -3.96. The van der Waals surface area contributed by atoms with Crippen molar-refractivity contribution in [3.8, 4) is 5.75 Å². The summed E-state index contributed by atoms with van der Waals surface area (Å²) < 4.78 is 93.3. The van der Waals surface area contributed by atoms with Gasteiger partial charge in [-0.25, -0.2) is 17.6 Å². The molecular formula is C28H34F7NO4S2. The van der Waals surface area contributed by atoms with Crippen molar-refractivity contribution in [2.45, 2.75) is 79.1 Å². The van der Waals surface area contributed by atoms with Gasteiger partial charge in [0.1, 0.15) is 18.2 Å². The fraction of sp³-hybridized carbons (Fsp3) is 0.536. The number of aliphatic hydroxyl groups is 1. The first-order chi connectivity index (χ1) is 19.5. The normalized spacial score (nSPS) is 18.3. The first-order valence-electron chi connectivity index (χ1n) is 12.9. The predicted octanol–water partition coefficient (Wildman–Crippen LogP) is 8.70. The third kappa shape index (κ3) is 10.4. The summed E-state index contributed by atoms with van der Waals surface area (Å²) in [6.07, 6.45) is -4.96. The van der Waals surface area contributed by atoms with Crippen LogP contribution in [0.2, 0.25) is 0 Å². The summed E-state index contributed by atoms with van der Waals surface area (Å²) in [6, 6.07) is 9.33. The van der Waals surface area contributed by atoms with Crippen molar-refractivity contribution < 1.29 is 50.5 Å². The van der Waals surface area contributed by atoms with Crippen LogP contribution in [0.15, 0.2) is 46.2 Å². The third-order valence-corrected chi connectivity index (χ3v) is 8.52. The molecule has 2 aliphatic rings. The molecule has 2 N–H and O–H groups in total. The van der Waals surface area contributed by atoms with Gasteiger partial charge in [-0.2, -0.15) is 13.2 Å². The average Bonchev–Trinajstić information content (AvgIpc) is 3.05. The molecule has 236 valence electrons. The van der Waals surface area contributed by atoms with E-state index in [1.165, 1.54) is 37.7 Å². The molecule has 2 aromatic rings. The number of hydrogen-bond acceptors (Lipinski definition) is 6. The van der Waals surface area contributed by atoms with Crippen LogP contribution in [0.3, 0.4) is 0 Å². The monoisotopic (exact) mass is 645 g/mol. The molecular weight excluding hydrogens is 611 g/mol. The molecule has 0 amide bonds. The van der Waals surface area contributed by atoms with Gasteiger partial charge >= 0.3 is 12.1 Å². The Kier molecular flexibility index (Phi) is 12.7. The van der Waals surface area contributed by atoms with Crippen molar-refractivity contribution >= 4 is 40.9 Å². The summed E-state index contributed by atoms with van der Waals surface area (Å²) in [7, 11) is 1.00. The molecule has 0 aromatic heterocycles. The molecule has 0 unspecified atom stereocenters. The van der Waals surface area contributed by atoms with Gasteiger partial charge in [-0.3, -0.25) is 4.79 Å². The fourth-order valence-corrected chi connectivity index (χ4v) is 6.06. The largest absolute Gasteiger partial charge is 0.491 e. The lowest BCUT2D eigenvalue weighted by molar-refractivity contribution is -0.148. The lowest BCUT2D eigenvalue weighted by Gasteiger charge is -2.35. The molecule has 0 radical (unpaired) electrons. The van der Waals surface area contributed by atoms with Gasteiger partial charge in [0.25, 0.3) is 0 Å². The molecule has 4 rings (SSSR count). The van der Waals surface area contributed by atoms with Crippen molar-refractivity contribution in [1.29, 1.82) is 0 Å². The second kappa shape index (κ2) is 14.9. The third-order valence-electron chi connectivity index (χ3n) is 6.20. The predicted molar refractivity (Wildman–Crippen MR) is 150 cm³/mol. The molecule has 1 atom stereocenters. The molecule has 0 bridgehead atoms. The van der Waals surface area contributed by atoms with E-state index in [1.54, 1.807) is 24.3 Å². The topological polar surface area (TPSA) is 70.0 Å². The molecule has 1 saturated carbocycles. The number of benzene rings is 2. The van der Waals surface area contributed by atoms with Crippen LogP contribution in [0.25, 0.3) is 0 Å². The molecule has 14 heteroatoms. The number of nitrogens with zero attached hydrogens (tertiary/aromatic N) is 1. The van der Waals surface area contributed by atoms with Crippen LogP contribution >= 0.6 is 23.5 Å². The summed E-state index contributed by atoms with van der Waals surface area (Å²) in [5.41, 5.74) is -0.996. The molecule has 2 aromatic carbocycles. The molecule has 1 heterocycles. The highest BCUT2D eigenvalue weighted by atomic mass is 32.2. The first kappa shape index (κ1) is 35.9. The van der Waals surface area contributed by atoms with Gasteiger partial charge in [0, 0.05) is 55.2 Å².